The predicted molar refractivity (Wildman–Crippen MR) is 127 cm³/mol. The highest BCUT2D eigenvalue weighted by molar-refractivity contribution is 9.09. The van der Waals surface area contributed by atoms with Crippen LogP contribution in [0.5, 0.6) is 0 Å². The van der Waals surface area contributed by atoms with E-state index in [1.165, 1.54) is 0 Å². The lowest BCUT2D eigenvalue weighted by Crippen LogP contribution is -2.47. The molecule has 0 radical (unpaired) electrons. The highest BCUT2D eigenvalue weighted by Gasteiger charge is 2.34. The number of piperidine rings is 1. The topological polar surface area (TPSA) is 69.5 Å². The molecule has 0 N–H and O–H groups in total. The van der Waals surface area contributed by atoms with E-state index in [0.29, 0.717) is 11.4 Å². The zero-order valence-corrected chi connectivity index (χ0v) is 20.7. The molecule has 2 fully saturated rings. The largest absolute Gasteiger partial charge is 0.444 e. The number of alkyl halides is 1. The molecule has 2 aliphatic rings. The lowest BCUT2D eigenvalue weighted by Gasteiger charge is -2.38. The molecule has 8 heteroatoms. The van der Waals surface area contributed by atoms with E-state index in [1.54, 1.807) is 17.3 Å². The number of halogens is 1. The Bertz CT molecular complexity index is 898. The third-order valence-electron chi connectivity index (χ3n) is 6.03. The van der Waals surface area contributed by atoms with Gasteiger partial charge in [-0.3, -0.25) is 9.67 Å². The fourth-order valence-corrected chi connectivity index (χ4v) is 5.21. The SMILES string of the molecule is CC(C)(C)OC(=O)N1CCCC(OC2CCC(Br)C(n3ccc(-c4ccncc4)n3)C2)C1. The monoisotopic (exact) mass is 504 g/mol. The van der Waals surface area contributed by atoms with Crippen LogP contribution in [0.25, 0.3) is 11.3 Å². The van der Waals surface area contributed by atoms with Gasteiger partial charge < -0.3 is 14.4 Å². The number of pyridine rings is 1. The van der Waals surface area contributed by atoms with Gasteiger partial charge in [0.15, 0.2) is 0 Å². The van der Waals surface area contributed by atoms with Gasteiger partial charge in [0.05, 0.1) is 30.5 Å². The number of rotatable bonds is 4. The van der Waals surface area contributed by atoms with E-state index in [9.17, 15) is 4.79 Å². The molecule has 7 nitrogen and oxygen atoms in total. The van der Waals surface area contributed by atoms with Gasteiger partial charge in [-0.05, 0) is 71.1 Å². The van der Waals surface area contributed by atoms with Gasteiger partial charge in [0.25, 0.3) is 0 Å². The summed E-state index contributed by atoms with van der Waals surface area (Å²) in [7, 11) is 0. The van der Waals surface area contributed by atoms with Crippen molar-refractivity contribution in [2.75, 3.05) is 13.1 Å². The summed E-state index contributed by atoms with van der Waals surface area (Å²) in [5.74, 6) is 0. The Balaban J connectivity index is 1.36. The highest BCUT2D eigenvalue weighted by atomic mass is 79.9. The Morgan fingerprint density at radius 2 is 1.91 bits per heavy atom. The van der Waals surface area contributed by atoms with E-state index < -0.39 is 5.60 Å². The second-order valence-electron chi connectivity index (χ2n) is 9.76. The lowest BCUT2D eigenvalue weighted by atomic mass is 9.92. The van der Waals surface area contributed by atoms with E-state index in [1.807, 2.05) is 32.9 Å². The maximum atomic E-state index is 12.5. The molecule has 0 aromatic carbocycles. The number of amides is 1. The van der Waals surface area contributed by atoms with Crippen LogP contribution < -0.4 is 0 Å². The summed E-state index contributed by atoms with van der Waals surface area (Å²) in [5, 5.41) is 4.84. The van der Waals surface area contributed by atoms with Crippen molar-refractivity contribution in [3.05, 3.63) is 36.8 Å². The van der Waals surface area contributed by atoms with Crippen molar-refractivity contribution in [3.63, 3.8) is 0 Å². The molecule has 2 aromatic heterocycles. The van der Waals surface area contributed by atoms with Crippen molar-refractivity contribution in [1.82, 2.24) is 19.7 Å². The van der Waals surface area contributed by atoms with Gasteiger partial charge in [-0.1, -0.05) is 15.9 Å². The van der Waals surface area contributed by atoms with Crippen LogP contribution in [0.1, 0.15) is 58.9 Å². The molecule has 4 unspecified atom stereocenters. The number of aromatic nitrogens is 3. The van der Waals surface area contributed by atoms with Crippen molar-refractivity contribution >= 4 is 22.0 Å². The number of ether oxygens (including phenoxy) is 2. The van der Waals surface area contributed by atoms with E-state index in [2.05, 4.69) is 37.9 Å². The van der Waals surface area contributed by atoms with Gasteiger partial charge in [0.1, 0.15) is 5.60 Å². The number of carbonyl (C=O) groups excluding carboxylic acids is 1. The van der Waals surface area contributed by atoms with Crippen molar-refractivity contribution < 1.29 is 14.3 Å². The Morgan fingerprint density at radius 3 is 2.66 bits per heavy atom. The molecule has 3 heterocycles. The van der Waals surface area contributed by atoms with Crippen molar-refractivity contribution in [2.45, 2.75) is 81.6 Å². The fourth-order valence-electron chi connectivity index (χ4n) is 4.48. The number of hydrogen-bond donors (Lipinski definition) is 0. The average molecular weight is 505 g/mol. The molecule has 1 aliphatic carbocycles. The lowest BCUT2D eigenvalue weighted by molar-refractivity contribution is -0.0692. The maximum absolute atomic E-state index is 12.5. The van der Waals surface area contributed by atoms with Crippen LogP contribution in [0.4, 0.5) is 4.79 Å². The molecule has 1 saturated heterocycles. The fraction of sp³-hybridized carbons (Fsp3) is 0.625. The van der Waals surface area contributed by atoms with E-state index in [4.69, 9.17) is 14.6 Å². The first-order valence-electron chi connectivity index (χ1n) is 11.5. The Hall–Kier alpha value is -1.93. The second kappa shape index (κ2) is 9.91. The molecule has 32 heavy (non-hydrogen) atoms. The minimum atomic E-state index is -0.481. The van der Waals surface area contributed by atoms with Crippen LogP contribution in [-0.2, 0) is 9.47 Å². The molecule has 1 amide bonds. The van der Waals surface area contributed by atoms with Crippen LogP contribution in [-0.4, -0.2) is 61.5 Å². The molecular formula is C24H33BrN4O3. The smallest absolute Gasteiger partial charge is 0.410 e. The summed E-state index contributed by atoms with van der Waals surface area (Å²) < 4.78 is 14.1. The van der Waals surface area contributed by atoms with Gasteiger partial charge in [0.2, 0.25) is 0 Å². The molecule has 4 atom stereocenters. The van der Waals surface area contributed by atoms with Crippen molar-refractivity contribution in [2.24, 2.45) is 0 Å². The minimum Gasteiger partial charge on any atom is -0.444 e. The van der Waals surface area contributed by atoms with Crippen molar-refractivity contribution in [3.8, 4) is 11.3 Å². The molecule has 2 aromatic rings. The number of nitrogens with zero attached hydrogens (tertiary/aromatic N) is 4. The zero-order chi connectivity index (χ0) is 22.7. The van der Waals surface area contributed by atoms with E-state index in [0.717, 1.165) is 49.9 Å². The maximum Gasteiger partial charge on any atom is 0.410 e. The van der Waals surface area contributed by atoms with Gasteiger partial charge >= 0.3 is 6.09 Å². The standard InChI is InChI=1S/C24H33BrN4O3/c1-24(2,3)32-23(30)28-13-4-5-19(16-28)31-18-6-7-20(25)22(15-18)29-14-10-21(27-29)17-8-11-26-12-9-17/h8-12,14,18-20,22H,4-7,13,15-16H2,1-3H3. The Morgan fingerprint density at radius 1 is 1.12 bits per heavy atom. The Labute approximate surface area is 198 Å². The Kier molecular flexibility index (Phi) is 7.20. The zero-order valence-electron chi connectivity index (χ0n) is 19.1. The average Bonchev–Trinajstić information content (AvgIpc) is 3.25. The van der Waals surface area contributed by atoms with Crippen LogP contribution in [0, 0.1) is 0 Å². The summed E-state index contributed by atoms with van der Waals surface area (Å²) >= 11 is 3.87. The van der Waals surface area contributed by atoms with Gasteiger partial charge in [-0.2, -0.15) is 5.10 Å². The van der Waals surface area contributed by atoms with Crippen LogP contribution in [0.2, 0.25) is 0 Å². The first-order chi connectivity index (χ1) is 15.3. The van der Waals surface area contributed by atoms with Gasteiger partial charge in [-0.25, -0.2) is 4.79 Å². The van der Waals surface area contributed by atoms with Gasteiger partial charge in [0, 0.05) is 35.5 Å². The normalized spacial score (nSPS) is 26.7. The summed E-state index contributed by atoms with van der Waals surface area (Å²) in [5.41, 5.74) is 1.54. The summed E-state index contributed by atoms with van der Waals surface area (Å²) in [6, 6.07) is 6.24. The van der Waals surface area contributed by atoms with Crippen LogP contribution in [0.15, 0.2) is 36.8 Å². The predicted octanol–water partition coefficient (Wildman–Crippen LogP) is 5.22. The van der Waals surface area contributed by atoms with E-state index in [-0.39, 0.29) is 24.3 Å². The first-order valence-corrected chi connectivity index (χ1v) is 12.4. The quantitative estimate of drug-likeness (QED) is 0.533. The highest BCUT2D eigenvalue weighted by Crippen LogP contribution is 2.36. The molecule has 1 aliphatic heterocycles. The molecular weight excluding hydrogens is 472 g/mol. The number of carbonyl (C=O) groups is 1. The first kappa shape index (κ1) is 23.2. The summed E-state index contributed by atoms with van der Waals surface area (Å²) in [4.78, 5) is 18.7. The molecule has 174 valence electrons. The summed E-state index contributed by atoms with van der Waals surface area (Å²) in [6.45, 7) is 7.03. The molecule has 4 rings (SSSR count). The van der Waals surface area contributed by atoms with Gasteiger partial charge in [-0.15, -0.1) is 0 Å². The molecule has 1 saturated carbocycles. The van der Waals surface area contributed by atoms with Crippen molar-refractivity contribution in [1.29, 1.82) is 0 Å². The van der Waals surface area contributed by atoms with Crippen LogP contribution >= 0.6 is 15.9 Å². The second-order valence-corrected chi connectivity index (χ2v) is 10.9. The third-order valence-corrected chi connectivity index (χ3v) is 7.09. The minimum absolute atomic E-state index is 0.0544. The molecule has 0 spiro atoms. The number of likely N-dealkylation sites (tertiary alicyclic amines) is 1. The van der Waals surface area contributed by atoms with Crippen LogP contribution in [0.3, 0.4) is 0 Å². The summed E-state index contributed by atoms with van der Waals surface area (Å²) in [6.07, 6.45) is 10.5. The van der Waals surface area contributed by atoms with E-state index >= 15 is 0 Å². The molecule has 0 bridgehead atoms. The number of hydrogen-bond acceptors (Lipinski definition) is 5. The third kappa shape index (κ3) is 5.90.